The molecule has 4 rings (SSSR count). The Labute approximate surface area is 189 Å². The molecule has 1 fully saturated rings. The number of Topliss-reactive ketones (excluding diaryl/α,β-unsaturated/α-hetero) is 1. The molecule has 31 heavy (non-hydrogen) atoms. The maximum atomic E-state index is 13.2. The van der Waals surface area contributed by atoms with Gasteiger partial charge in [-0.1, -0.05) is 34.1 Å². The summed E-state index contributed by atoms with van der Waals surface area (Å²) in [7, 11) is 0. The monoisotopic (exact) mass is 476 g/mol. The topological polar surface area (TPSA) is 70.5 Å². The second kappa shape index (κ2) is 8.12. The molecule has 3 aromatic rings. The van der Waals surface area contributed by atoms with Crippen molar-refractivity contribution in [3.8, 4) is 0 Å². The van der Waals surface area contributed by atoms with Crippen LogP contribution >= 0.6 is 15.9 Å². The van der Waals surface area contributed by atoms with Gasteiger partial charge in [0.2, 0.25) is 0 Å². The molecule has 1 amide bonds. The summed E-state index contributed by atoms with van der Waals surface area (Å²) in [6, 6.07) is 15.5. The Morgan fingerprint density at radius 3 is 2.32 bits per heavy atom. The van der Waals surface area contributed by atoms with Crippen LogP contribution in [0.15, 0.2) is 70.8 Å². The molecule has 0 radical (unpaired) electrons. The third-order valence-electron chi connectivity index (χ3n) is 5.33. The number of anilines is 1. The number of aliphatic hydroxyl groups excluding tert-OH is 1. The molecule has 1 atom stereocenters. The molecule has 1 N–H and O–H groups in total. The number of ketones is 1. The van der Waals surface area contributed by atoms with Crippen LogP contribution in [0.5, 0.6) is 0 Å². The van der Waals surface area contributed by atoms with E-state index in [0.29, 0.717) is 16.9 Å². The number of hydrogen-bond acceptors (Lipinski definition) is 4. The van der Waals surface area contributed by atoms with Gasteiger partial charge in [-0.05, 0) is 73.9 Å². The van der Waals surface area contributed by atoms with Crippen molar-refractivity contribution in [2.45, 2.75) is 26.8 Å². The summed E-state index contributed by atoms with van der Waals surface area (Å²) in [5.74, 6) is -1.62. The summed E-state index contributed by atoms with van der Waals surface area (Å²) in [4.78, 5) is 32.2. The molecule has 0 aliphatic carbocycles. The summed E-state index contributed by atoms with van der Waals surface area (Å²) < 4.78 is 0.890. The fourth-order valence-corrected chi connectivity index (χ4v) is 4.20. The molecule has 1 aliphatic rings. The Bertz CT molecular complexity index is 1210. The van der Waals surface area contributed by atoms with E-state index in [2.05, 4.69) is 20.9 Å². The van der Waals surface area contributed by atoms with Gasteiger partial charge in [0, 0.05) is 21.9 Å². The van der Waals surface area contributed by atoms with Gasteiger partial charge in [0.05, 0.1) is 11.3 Å². The molecule has 1 aromatic heterocycles. The summed E-state index contributed by atoms with van der Waals surface area (Å²) in [5.41, 5.74) is 4.46. The lowest BCUT2D eigenvalue weighted by Crippen LogP contribution is -2.30. The third kappa shape index (κ3) is 3.79. The van der Waals surface area contributed by atoms with Gasteiger partial charge >= 0.3 is 0 Å². The lowest BCUT2D eigenvalue weighted by molar-refractivity contribution is -0.132. The number of hydrogen-bond donors (Lipinski definition) is 1. The molecule has 156 valence electrons. The maximum Gasteiger partial charge on any atom is 0.300 e. The lowest BCUT2D eigenvalue weighted by atomic mass is 9.97. The molecule has 1 aliphatic heterocycles. The molecular weight excluding hydrogens is 456 g/mol. The van der Waals surface area contributed by atoms with Crippen molar-refractivity contribution in [1.29, 1.82) is 0 Å². The van der Waals surface area contributed by atoms with Crippen molar-refractivity contribution in [3.63, 3.8) is 0 Å². The maximum absolute atomic E-state index is 13.2. The average molecular weight is 477 g/mol. The molecule has 1 saturated heterocycles. The van der Waals surface area contributed by atoms with Crippen molar-refractivity contribution in [2.75, 3.05) is 4.90 Å². The van der Waals surface area contributed by atoms with E-state index in [1.54, 1.807) is 42.6 Å². The van der Waals surface area contributed by atoms with E-state index in [4.69, 9.17) is 0 Å². The van der Waals surface area contributed by atoms with Gasteiger partial charge in [0.25, 0.3) is 11.7 Å². The first kappa shape index (κ1) is 21.0. The smallest absolute Gasteiger partial charge is 0.300 e. The van der Waals surface area contributed by atoms with Gasteiger partial charge in [0.15, 0.2) is 0 Å². The normalized spacial score (nSPS) is 17.9. The van der Waals surface area contributed by atoms with E-state index in [0.717, 1.165) is 21.2 Å². The highest BCUT2D eigenvalue weighted by molar-refractivity contribution is 9.10. The standard InChI is InChI=1S/C25H21BrN2O3/c1-14-10-15(2)12-18(11-14)28-22(20-6-4-5-9-27-20)21(24(30)25(28)31)23(29)17-7-8-19(26)16(3)13-17/h4-13,22,29H,1-3H3/b23-21-. The second-order valence-corrected chi connectivity index (χ2v) is 8.59. The summed E-state index contributed by atoms with van der Waals surface area (Å²) >= 11 is 3.45. The Morgan fingerprint density at radius 2 is 1.71 bits per heavy atom. The molecule has 0 saturated carbocycles. The lowest BCUT2D eigenvalue weighted by Gasteiger charge is -2.25. The Kier molecular flexibility index (Phi) is 5.50. The zero-order chi connectivity index (χ0) is 22.3. The van der Waals surface area contributed by atoms with E-state index in [1.807, 2.05) is 39.0 Å². The molecule has 5 nitrogen and oxygen atoms in total. The number of nitrogens with zero attached hydrogens (tertiary/aromatic N) is 2. The number of aliphatic hydroxyl groups is 1. The highest BCUT2D eigenvalue weighted by atomic mass is 79.9. The minimum atomic E-state index is -0.827. The number of aryl methyl sites for hydroxylation is 3. The molecule has 2 aromatic carbocycles. The van der Waals surface area contributed by atoms with Crippen LogP contribution in [-0.2, 0) is 9.59 Å². The van der Waals surface area contributed by atoms with E-state index in [9.17, 15) is 14.7 Å². The SMILES string of the molecule is Cc1cc(C)cc(N2C(=O)C(=O)/C(=C(\O)c3ccc(Br)c(C)c3)C2c2ccccn2)c1. The van der Waals surface area contributed by atoms with Crippen molar-refractivity contribution in [2.24, 2.45) is 0 Å². The van der Waals surface area contributed by atoms with Crippen LogP contribution in [0.3, 0.4) is 0 Å². The first-order valence-electron chi connectivity index (χ1n) is 9.84. The van der Waals surface area contributed by atoms with Crippen molar-refractivity contribution in [1.82, 2.24) is 4.98 Å². The minimum absolute atomic E-state index is 0.0320. The number of halogens is 1. The highest BCUT2D eigenvalue weighted by Gasteiger charge is 2.47. The zero-order valence-electron chi connectivity index (χ0n) is 17.4. The van der Waals surface area contributed by atoms with E-state index < -0.39 is 17.7 Å². The predicted molar refractivity (Wildman–Crippen MR) is 124 cm³/mol. The number of benzene rings is 2. The molecule has 2 heterocycles. The van der Waals surface area contributed by atoms with Gasteiger partial charge in [-0.15, -0.1) is 0 Å². The largest absolute Gasteiger partial charge is 0.507 e. The minimum Gasteiger partial charge on any atom is -0.507 e. The Morgan fingerprint density at radius 1 is 1.00 bits per heavy atom. The number of rotatable bonds is 3. The second-order valence-electron chi connectivity index (χ2n) is 7.73. The van der Waals surface area contributed by atoms with Gasteiger partial charge in [-0.2, -0.15) is 0 Å². The van der Waals surface area contributed by atoms with Crippen LogP contribution in [0.4, 0.5) is 5.69 Å². The fourth-order valence-electron chi connectivity index (χ4n) is 3.95. The van der Waals surface area contributed by atoms with Crippen LogP contribution < -0.4 is 4.90 Å². The Hall–Kier alpha value is -3.25. The number of amides is 1. The molecule has 0 spiro atoms. The summed E-state index contributed by atoms with van der Waals surface area (Å²) in [6.07, 6.45) is 1.61. The van der Waals surface area contributed by atoms with Crippen molar-refractivity contribution in [3.05, 3.63) is 98.8 Å². The van der Waals surface area contributed by atoms with Crippen molar-refractivity contribution >= 4 is 39.1 Å². The molecule has 1 unspecified atom stereocenters. The van der Waals surface area contributed by atoms with Gasteiger partial charge in [-0.3, -0.25) is 19.5 Å². The number of pyridine rings is 1. The Balaban J connectivity index is 1.97. The van der Waals surface area contributed by atoms with E-state index >= 15 is 0 Å². The van der Waals surface area contributed by atoms with Crippen LogP contribution in [0, 0.1) is 20.8 Å². The van der Waals surface area contributed by atoms with E-state index in [1.165, 1.54) is 4.90 Å². The number of carbonyl (C=O) groups is 2. The van der Waals surface area contributed by atoms with Gasteiger partial charge in [0.1, 0.15) is 11.8 Å². The third-order valence-corrected chi connectivity index (χ3v) is 6.22. The van der Waals surface area contributed by atoms with Crippen molar-refractivity contribution < 1.29 is 14.7 Å². The van der Waals surface area contributed by atoms with Gasteiger partial charge in [-0.25, -0.2) is 0 Å². The summed E-state index contributed by atoms with van der Waals surface area (Å²) in [6.45, 7) is 5.77. The zero-order valence-corrected chi connectivity index (χ0v) is 19.0. The van der Waals surface area contributed by atoms with Crippen LogP contribution in [-0.4, -0.2) is 21.8 Å². The first-order chi connectivity index (χ1) is 14.8. The predicted octanol–water partition coefficient (Wildman–Crippen LogP) is 5.40. The van der Waals surface area contributed by atoms with Gasteiger partial charge < -0.3 is 5.11 Å². The summed E-state index contributed by atoms with van der Waals surface area (Å²) in [5, 5.41) is 11.2. The van der Waals surface area contributed by atoms with E-state index in [-0.39, 0.29) is 11.3 Å². The molecular formula is C25H21BrN2O3. The first-order valence-corrected chi connectivity index (χ1v) is 10.6. The highest BCUT2D eigenvalue weighted by Crippen LogP contribution is 2.42. The van der Waals surface area contributed by atoms with Crippen LogP contribution in [0.2, 0.25) is 0 Å². The average Bonchev–Trinajstić information content (AvgIpc) is 3.00. The van der Waals surface area contributed by atoms with Crippen LogP contribution in [0.1, 0.15) is 34.0 Å². The molecule has 0 bridgehead atoms. The van der Waals surface area contributed by atoms with Crippen LogP contribution in [0.25, 0.3) is 5.76 Å². The number of carbonyl (C=O) groups excluding carboxylic acids is 2. The fraction of sp³-hybridized carbons (Fsp3) is 0.160. The molecule has 6 heteroatoms. The quantitative estimate of drug-likeness (QED) is 0.312. The number of aromatic nitrogens is 1.